The van der Waals surface area contributed by atoms with Crippen molar-refractivity contribution in [2.75, 3.05) is 0 Å². The lowest BCUT2D eigenvalue weighted by molar-refractivity contribution is 0.520. The van der Waals surface area contributed by atoms with Crippen molar-refractivity contribution in [1.82, 2.24) is 24.5 Å². The molecule has 24 heavy (non-hydrogen) atoms. The molecule has 0 atom stereocenters. The molecule has 4 rings (SSSR count). The Hall–Kier alpha value is -3.02. The van der Waals surface area contributed by atoms with E-state index in [1.807, 2.05) is 30.3 Å². The Labute approximate surface area is 138 Å². The summed E-state index contributed by atoms with van der Waals surface area (Å²) in [6.45, 7) is 4.75. The van der Waals surface area contributed by atoms with E-state index in [2.05, 4.69) is 33.8 Å². The molecule has 0 aliphatic rings. The number of aromatic amines is 1. The molecule has 0 radical (unpaired) electrons. The van der Waals surface area contributed by atoms with Gasteiger partial charge in [0, 0.05) is 23.7 Å². The predicted octanol–water partition coefficient (Wildman–Crippen LogP) is 2.99. The molecule has 120 valence electrons. The van der Waals surface area contributed by atoms with Gasteiger partial charge in [-0.15, -0.1) is 0 Å². The van der Waals surface area contributed by atoms with Crippen LogP contribution in [0.15, 0.2) is 47.5 Å². The third-order valence-corrected chi connectivity index (χ3v) is 3.95. The number of nitrogens with one attached hydrogen (secondary N) is 1. The maximum Gasteiger partial charge on any atom is 0.328 e. The molecule has 0 spiro atoms. The normalized spacial score (nSPS) is 11.6. The van der Waals surface area contributed by atoms with Crippen LogP contribution in [0.25, 0.3) is 33.5 Å². The summed E-state index contributed by atoms with van der Waals surface area (Å²) in [6.07, 6.45) is 3.48. The van der Waals surface area contributed by atoms with Gasteiger partial charge >= 0.3 is 5.69 Å². The molecule has 0 amide bonds. The van der Waals surface area contributed by atoms with E-state index >= 15 is 0 Å². The highest BCUT2D eigenvalue weighted by atomic mass is 16.1. The number of H-pyrrole nitrogens is 1. The van der Waals surface area contributed by atoms with Gasteiger partial charge in [-0.1, -0.05) is 32.0 Å². The lowest BCUT2D eigenvalue weighted by Crippen LogP contribution is -2.19. The average molecular weight is 319 g/mol. The Bertz CT molecular complexity index is 1090. The monoisotopic (exact) mass is 319 g/mol. The Morgan fingerprint density at radius 3 is 2.88 bits per heavy atom. The molecule has 3 heterocycles. The fourth-order valence-corrected chi connectivity index (χ4v) is 2.92. The largest absolute Gasteiger partial charge is 0.328 e. The summed E-state index contributed by atoms with van der Waals surface area (Å²) in [5, 5.41) is 1.01. The molecule has 1 N–H and O–H groups in total. The zero-order valence-corrected chi connectivity index (χ0v) is 13.5. The fraction of sp³-hybridized carbons (Fsp3) is 0.222. The van der Waals surface area contributed by atoms with Crippen molar-refractivity contribution >= 4 is 22.2 Å². The topological polar surface area (TPSA) is 76.5 Å². The van der Waals surface area contributed by atoms with Gasteiger partial charge < -0.3 is 0 Å². The Kier molecular flexibility index (Phi) is 3.37. The van der Waals surface area contributed by atoms with Crippen molar-refractivity contribution in [3.8, 4) is 11.3 Å². The summed E-state index contributed by atoms with van der Waals surface area (Å²) < 4.78 is 1.64. The number of rotatable bonds is 3. The van der Waals surface area contributed by atoms with E-state index in [1.165, 1.54) is 0 Å². The molecule has 4 aromatic rings. The molecule has 6 heteroatoms. The molecule has 0 unspecified atom stereocenters. The van der Waals surface area contributed by atoms with E-state index < -0.39 is 0 Å². The first-order valence-corrected chi connectivity index (χ1v) is 7.93. The van der Waals surface area contributed by atoms with Crippen LogP contribution in [-0.4, -0.2) is 24.5 Å². The molecule has 1 aromatic carbocycles. The summed E-state index contributed by atoms with van der Waals surface area (Å²) >= 11 is 0. The van der Waals surface area contributed by atoms with Crippen molar-refractivity contribution < 1.29 is 0 Å². The first-order chi connectivity index (χ1) is 11.6. The third kappa shape index (κ3) is 2.36. The van der Waals surface area contributed by atoms with Crippen LogP contribution in [0.3, 0.4) is 0 Å². The first-order valence-electron chi connectivity index (χ1n) is 7.93. The Balaban J connectivity index is 1.91. The zero-order valence-electron chi connectivity index (χ0n) is 13.5. The van der Waals surface area contributed by atoms with Crippen molar-refractivity contribution in [2.45, 2.75) is 20.4 Å². The maximum atomic E-state index is 12.2. The molecule has 3 aromatic heterocycles. The minimum atomic E-state index is -0.171. The van der Waals surface area contributed by atoms with Gasteiger partial charge in [0.25, 0.3) is 0 Å². The first kappa shape index (κ1) is 14.6. The van der Waals surface area contributed by atoms with Gasteiger partial charge in [0.2, 0.25) is 0 Å². The number of benzene rings is 1. The second-order valence-electron chi connectivity index (χ2n) is 6.24. The molecule has 0 aliphatic heterocycles. The van der Waals surface area contributed by atoms with E-state index in [-0.39, 0.29) is 5.69 Å². The fourth-order valence-electron chi connectivity index (χ4n) is 2.92. The van der Waals surface area contributed by atoms with Crippen LogP contribution in [0.4, 0.5) is 0 Å². The van der Waals surface area contributed by atoms with Gasteiger partial charge in [0.1, 0.15) is 0 Å². The SMILES string of the molecule is CC(C)Cn1c(=O)[nH]c2nc(-c3cccc4ncccc34)cnc21. The van der Waals surface area contributed by atoms with Crippen LogP contribution < -0.4 is 5.69 Å². The van der Waals surface area contributed by atoms with E-state index in [0.29, 0.717) is 23.8 Å². The number of nitrogens with zero attached hydrogens (tertiary/aromatic N) is 4. The molecule has 0 aliphatic carbocycles. The molecular formula is C18H17N5O. The zero-order chi connectivity index (χ0) is 16.7. The minimum Gasteiger partial charge on any atom is -0.289 e. The van der Waals surface area contributed by atoms with Crippen LogP contribution in [0.1, 0.15) is 13.8 Å². The van der Waals surface area contributed by atoms with E-state index in [0.717, 1.165) is 22.2 Å². The molecule has 0 saturated heterocycles. The highest BCUT2D eigenvalue weighted by Crippen LogP contribution is 2.26. The minimum absolute atomic E-state index is 0.171. The second-order valence-corrected chi connectivity index (χ2v) is 6.24. The molecule has 0 bridgehead atoms. The number of aromatic nitrogens is 5. The van der Waals surface area contributed by atoms with Crippen molar-refractivity contribution in [2.24, 2.45) is 5.92 Å². The van der Waals surface area contributed by atoms with Gasteiger partial charge in [0.05, 0.1) is 17.4 Å². The predicted molar refractivity (Wildman–Crippen MR) is 93.7 cm³/mol. The number of imidazole rings is 1. The number of fused-ring (bicyclic) bond motifs is 2. The number of hydrogen-bond donors (Lipinski definition) is 1. The lowest BCUT2D eigenvalue weighted by atomic mass is 10.1. The van der Waals surface area contributed by atoms with Crippen LogP contribution in [0, 0.1) is 5.92 Å². The van der Waals surface area contributed by atoms with Gasteiger partial charge in [-0.25, -0.2) is 14.8 Å². The van der Waals surface area contributed by atoms with Gasteiger partial charge in [-0.3, -0.25) is 14.5 Å². The summed E-state index contributed by atoms with van der Waals surface area (Å²) in [5.74, 6) is 0.354. The van der Waals surface area contributed by atoms with Gasteiger partial charge in [-0.2, -0.15) is 0 Å². The third-order valence-electron chi connectivity index (χ3n) is 3.95. The second kappa shape index (κ2) is 5.56. The van der Waals surface area contributed by atoms with E-state index in [1.54, 1.807) is 17.0 Å². The maximum absolute atomic E-state index is 12.2. The summed E-state index contributed by atoms with van der Waals surface area (Å²) in [6, 6.07) is 9.81. The Morgan fingerprint density at radius 2 is 2.04 bits per heavy atom. The van der Waals surface area contributed by atoms with Crippen LogP contribution >= 0.6 is 0 Å². The van der Waals surface area contributed by atoms with Crippen LogP contribution in [0.2, 0.25) is 0 Å². The average Bonchev–Trinajstić information content (AvgIpc) is 2.88. The van der Waals surface area contributed by atoms with Gasteiger partial charge in [-0.05, 0) is 18.1 Å². The molecular weight excluding hydrogens is 302 g/mol. The summed E-state index contributed by atoms with van der Waals surface area (Å²) in [5.41, 5.74) is 3.51. The van der Waals surface area contributed by atoms with Gasteiger partial charge in [0.15, 0.2) is 11.3 Å². The number of pyridine rings is 1. The summed E-state index contributed by atoms with van der Waals surface area (Å²) in [7, 11) is 0. The molecule has 0 saturated carbocycles. The van der Waals surface area contributed by atoms with Crippen LogP contribution in [0.5, 0.6) is 0 Å². The Morgan fingerprint density at radius 1 is 1.17 bits per heavy atom. The van der Waals surface area contributed by atoms with Crippen molar-refractivity contribution in [3.63, 3.8) is 0 Å². The highest BCUT2D eigenvalue weighted by molar-refractivity contribution is 5.93. The lowest BCUT2D eigenvalue weighted by Gasteiger charge is -2.07. The molecule has 6 nitrogen and oxygen atoms in total. The number of hydrogen-bond acceptors (Lipinski definition) is 4. The van der Waals surface area contributed by atoms with Crippen molar-refractivity contribution in [1.29, 1.82) is 0 Å². The summed E-state index contributed by atoms with van der Waals surface area (Å²) in [4.78, 5) is 28.4. The molecule has 0 fully saturated rings. The smallest absolute Gasteiger partial charge is 0.289 e. The quantitative estimate of drug-likeness (QED) is 0.630. The standard InChI is InChI=1S/C18H17N5O/c1-11(2)10-23-17-16(22-18(23)24)21-15(9-20-17)13-5-3-7-14-12(13)6-4-8-19-14/h3-9,11H,10H2,1-2H3,(H,21,22,24). The van der Waals surface area contributed by atoms with E-state index in [9.17, 15) is 4.79 Å². The van der Waals surface area contributed by atoms with Crippen LogP contribution in [-0.2, 0) is 6.54 Å². The van der Waals surface area contributed by atoms with Crippen molar-refractivity contribution in [3.05, 3.63) is 53.2 Å². The van der Waals surface area contributed by atoms with E-state index in [4.69, 9.17) is 0 Å². The highest BCUT2D eigenvalue weighted by Gasteiger charge is 2.13.